The van der Waals surface area contributed by atoms with Gasteiger partial charge in [-0.05, 0) is 13.8 Å². The molecule has 0 saturated carbocycles. The first-order valence-electron chi connectivity index (χ1n) is 5.95. The molecule has 2 heterocycles. The van der Waals surface area contributed by atoms with Crippen molar-refractivity contribution in [3.8, 4) is 0 Å². The molecule has 6 heteroatoms. The molecule has 0 spiro atoms. The van der Waals surface area contributed by atoms with E-state index in [1.807, 2.05) is 13.8 Å². The van der Waals surface area contributed by atoms with Crippen LogP contribution in [0.5, 0.6) is 0 Å². The van der Waals surface area contributed by atoms with Gasteiger partial charge in [-0.1, -0.05) is 0 Å². The SMILES string of the molecule is CNc1nc(N2CC(C)OC(C)C2)c(F)cc1F. The highest BCUT2D eigenvalue weighted by Gasteiger charge is 2.26. The van der Waals surface area contributed by atoms with Crippen LogP contribution in [0.1, 0.15) is 13.8 Å². The van der Waals surface area contributed by atoms with Gasteiger partial charge in [-0.25, -0.2) is 13.8 Å². The van der Waals surface area contributed by atoms with Crippen molar-refractivity contribution in [3.05, 3.63) is 17.7 Å². The second-order valence-corrected chi connectivity index (χ2v) is 4.54. The van der Waals surface area contributed by atoms with Crippen LogP contribution >= 0.6 is 0 Å². The summed E-state index contributed by atoms with van der Waals surface area (Å²) in [7, 11) is 1.55. The number of aromatic nitrogens is 1. The fraction of sp³-hybridized carbons (Fsp3) is 0.583. The lowest BCUT2D eigenvalue weighted by atomic mass is 10.2. The summed E-state index contributed by atoms with van der Waals surface area (Å²) in [5.74, 6) is -1.11. The topological polar surface area (TPSA) is 37.4 Å². The zero-order chi connectivity index (χ0) is 13.3. The largest absolute Gasteiger partial charge is 0.372 e. The zero-order valence-electron chi connectivity index (χ0n) is 10.7. The van der Waals surface area contributed by atoms with E-state index in [9.17, 15) is 8.78 Å². The normalized spacial score (nSPS) is 24.2. The molecule has 0 bridgehead atoms. The minimum Gasteiger partial charge on any atom is -0.372 e. The third-order valence-corrected chi connectivity index (χ3v) is 2.87. The Kier molecular flexibility index (Phi) is 3.65. The van der Waals surface area contributed by atoms with Gasteiger partial charge in [-0.3, -0.25) is 0 Å². The molecular weight excluding hydrogens is 240 g/mol. The highest BCUT2D eigenvalue weighted by molar-refractivity contribution is 5.49. The Bertz CT molecular complexity index is 432. The first-order valence-corrected chi connectivity index (χ1v) is 5.95. The van der Waals surface area contributed by atoms with Crippen LogP contribution < -0.4 is 10.2 Å². The molecule has 0 amide bonds. The number of nitrogens with zero attached hydrogens (tertiary/aromatic N) is 2. The molecule has 1 aliphatic rings. The Morgan fingerprint density at radius 3 is 2.44 bits per heavy atom. The summed E-state index contributed by atoms with van der Waals surface area (Å²) in [6.45, 7) is 4.93. The van der Waals surface area contributed by atoms with E-state index in [-0.39, 0.29) is 23.8 Å². The quantitative estimate of drug-likeness (QED) is 0.879. The van der Waals surface area contributed by atoms with Crippen LogP contribution in [0.3, 0.4) is 0 Å². The van der Waals surface area contributed by atoms with E-state index < -0.39 is 11.6 Å². The van der Waals surface area contributed by atoms with Crippen molar-refractivity contribution in [2.24, 2.45) is 0 Å². The zero-order valence-corrected chi connectivity index (χ0v) is 10.7. The van der Waals surface area contributed by atoms with Gasteiger partial charge in [0.05, 0.1) is 12.2 Å². The standard InChI is InChI=1S/C12H17F2N3O/c1-7-5-17(6-8(2)18-7)12-10(14)4-9(13)11(15-3)16-12/h4,7-8H,5-6H2,1-3H3,(H,15,16). The van der Waals surface area contributed by atoms with Crippen molar-refractivity contribution >= 4 is 11.6 Å². The van der Waals surface area contributed by atoms with Crippen molar-refractivity contribution < 1.29 is 13.5 Å². The average molecular weight is 257 g/mol. The van der Waals surface area contributed by atoms with Crippen molar-refractivity contribution in [1.29, 1.82) is 0 Å². The molecular formula is C12H17F2N3O. The lowest BCUT2D eigenvalue weighted by Gasteiger charge is -2.36. The first kappa shape index (κ1) is 13.0. The number of anilines is 2. The first-order chi connectivity index (χ1) is 8.51. The fourth-order valence-corrected chi connectivity index (χ4v) is 2.20. The van der Waals surface area contributed by atoms with Crippen LogP contribution in [0, 0.1) is 11.6 Å². The highest BCUT2D eigenvalue weighted by atomic mass is 19.1. The molecule has 0 aromatic carbocycles. The van der Waals surface area contributed by atoms with Crippen LogP contribution in [0.4, 0.5) is 20.4 Å². The Morgan fingerprint density at radius 1 is 1.28 bits per heavy atom. The van der Waals surface area contributed by atoms with Crippen LogP contribution in [-0.4, -0.2) is 37.3 Å². The lowest BCUT2D eigenvalue weighted by Crippen LogP contribution is -2.46. The maximum absolute atomic E-state index is 13.8. The molecule has 1 aromatic heterocycles. The van der Waals surface area contributed by atoms with E-state index in [0.29, 0.717) is 13.1 Å². The van der Waals surface area contributed by atoms with Crippen LogP contribution in [0.15, 0.2) is 6.07 Å². The Balaban J connectivity index is 2.32. The monoisotopic (exact) mass is 257 g/mol. The number of halogens is 2. The molecule has 1 aliphatic heterocycles. The molecule has 1 saturated heterocycles. The van der Waals surface area contributed by atoms with Crippen LogP contribution in [0.2, 0.25) is 0 Å². The van der Waals surface area contributed by atoms with Gasteiger partial charge in [0.25, 0.3) is 0 Å². The fourth-order valence-electron chi connectivity index (χ4n) is 2.20. The lowest BCUT2D eigenvalue weighted by molar-refractivity contribution is -0.00564. The van der Waals surface area contributed by atoms with Crippen LogP contribution in [0.25, 0.3) is 0 Å². The smallest absolute Gasteiger partial charge is 0.168 e. The number of pyridine rings is 1. The van der Waals surface area contributed by atoms with Gasteiger partial charge >= 0.3 is 0 Å². The summed E-state index contributed by atoms with van der Waals surface area (Å²) in [6.07, 6.45) is -0.00363. The van der Waals surface area contributed by atoms with Crippen molar-refractivity contribution in [3.63, 3.8) is 0 Å². The maximum Gasteiger partial charge on any atom is 0.168 e. The number of morpholine rings is 1. The predicted octanol–water partition coefficient (Wildman–Crippen LogP) is 2.02. The summed E-state index contributed by atoms with van der Waals surface area (Å²) >= 11 is 0. The molecule has 4 nitrogen and oxygen atoms in total. The Labute approximate surface area is 105 Å². The average Bonchev–Trinajstić information content (AvgIpc) is 2.27. The molecule has 0 aliphatic carbocycles. The summed E-state index contributed by atoms with van der Waals surface area (Å²) in [4.78, 5) is 5.78. The Morgan fingerprint density at radius 2 is 1.89 bits per heavy atom. The highest BCUT2D eigenvalue weighted by Crippen LogP contribution is 2.25. The molecule has 2 atom stereocenters. The third kappa shape index (κ3) is 2.53. The second-order valence-electron chi connectivity index (χ2n) is 4.54. The molecule has 0 radical (unpaired) electrons. The maximum atomic E-state index is 13.8. The van der Waals surface area contributed by atoms with Gasteiger partial charge in [0.2, 0.25) is 0 Å². The molecule has 1 fully saturated rings. The minimum absolute atomic E-state index is 0.00182. The van der Waals surface area contributed by atoms with Gasteiger partial charge in [0, 0.05) is 26.2 Å². The van der Waals surface area contributed by atoms with Gasteiger partial charge in [0.1, 0.15) is 0 Å². The number of rotatable bonds is 2. The van der Waals surface area contributed by atoms with Gasteiger partial charge < -0.3 is 15.0 Å². The molecule has 2 rings (SSSR count). The van der Waals surface area contributed by atoms with Crippen molar-refractivity contribution in [2.75, 3.05) is 30.4 Å². The third-order valence-electron chi connectivity index (χ3n) is 2.87. The van der Waals surface area contributed by atoms with E-state index in [2.05, 4.69) is 10.3 Å². The molecule has 100 valence electrons. The second kappa shape index (κ2) is 5.06. The minimum atomic E-state index is -0.687. The van der Waals surface area contributed by atoms with E-state index in [0.717, 1.165) is 6.07 Å². The van der Waals surface area contributed by atoms with E-state index in [1.165, 1.54) is 0 Å². The van der Waals surface area contributed by atoms with E-state index in [1.54, 1.807) is 11.9 Å². The Hall–Kier alpha value is -1.43. The van der Waals surface area contributed by atoms with Gasteiger partial charge in [0.15, 0.2) is 23.3 Å². The summed E-state index contributed by atoms with van der Waals surface area (Å²) in [5, 5.41) is 2.61. The number of hydrogen-bond donors (Lipinski definition) is 1. The van der Waals surface area contributed by atoms with Gasteiger partial charge in [-0.2, -0.15) is 0 Å². The molecule has 2 unspecified atom stereocenters. The van der Waals surface area contributed by atoms with E-state index in [4.69, 9.17) is 4.74 Å². The van der Waals surface area contributed by atoms with Gasteiger partial charge in [-0.15, -0.1) is 0 Å². The summed E-state index contributed by atoms with van der Waals surface area (Å²) < 4.78 is 32.7. The summed E-state index contributed by atoms with van der Waals surface area (Å²) in [6, 6.07) is 0.860. The molecule has 18 heavy (non-hydrogen) atoms. The summed E-state index contributed by atoms with van der Waals surface area (Å²) in [5.41, 5.74) is 0. The van der Waals surface area contributed by atoms with Crippen molar-refractivity contribution in [1.82, 2.24) is 4.98 Å². The number of ether oxygens (including phenoxy) is 1. The van der Waals surface area contributed by atoms with Crippen molar-refractivity contribution in [2.45, 2.75) is 26.1 Å². The molecule has 1 aromatic rings. The predicted molar refractivity (Wildman–Crippen MR) is 65.9 cm³/mol. The van der Waals surface area contributed by atoms with Crippen LogP contribution in [-0.2, 0) is 4.74 Å². The molecule has 1 N–H and O–H groups in total. The number of hydrogen-bond acceptors (Lipinski definition) is 4. The van der Waals surface area contributed by atoms with E-state index >= 15 is 0 Å². The number of nitrogens with one attached hydrogen (secondary N) is 1.